The molecule has 0 spiro atoms. The summed E-state index contributed by atoms with van der Waals surface area (Å²) < 4.78 is 5.49. The van der Waals surface area contributed by atoms with Gasteiger partial charge in [-0.05, 0) is 40.2 Å². The van der Waals surface area contributed by atoms with Crippen molar-refractivity contribution in [2.24, 2.45) is 5.10 Å². The predicted octanol–water partition coefficient (Wildman–Crippen LogP) is 4.64. The van der Waals surface area contributed by atoms with Crippen LogP contribution in [-0.4, -0.2) is 18.7 Å². The van der Waals surface area contributed by atoms with Crippen molar-refractivity contribution < 1.29 is 9.53 Å². The molecule has 4 heteroatoms. The molecule has 0 fully saturated rings. The van der Waals surface area contributed by atoms with Crippen molar-refractivity contribution in [1.29, 1.82) is 0 Å². The first-order valence-electron chi connectivity index (χ1n) is 8.91. The minimum absolute atomic E-state index is 0.0709. The number of carbonyl (C=O) groups excluding carboxylic acids is 1. The molecule has 138 valence electrons. The van der Waals surface area contributed by atoms with Crippen LogP contribution in [0.1, 0.15) is 57.2 Å². The van der Waals surface area contributed by atoms with E-state index in [2.05, 4.69) is 57.3 Å². The van der Waals surface area contributed by atoms with Crippen molar-refractivity contribution in [1.82, 2.24) is 5.43 Å². The first kappa shape index (κ1) is 19.7. The molecule has 0 aromatic heterocycles. The Morgan fingerprint density at radius 3 is 2.23 bits per heavy atom. The summed E-state index contributed by atoms with van der Waals surface area (Å²) in [5.41, 5.74) is 6.01. The summed E-state index contributed by atoms with van der Waals surface area (Å²) in [7, 11) is 0. The zero-order valence-corrected chi connectivity index (χ0v) is 16.2. The Hall–Kier alpha value is -2.62. The Kier molecular flexibility index (Phi) is 6.56. The normalized spacial score (nSPS) is 11.8. The fraction of sp³-hybridized carbons (Fsp3) is 0.364. The molecule has 0 aliphatic rings. The lowest BCUT2D eigenvalue weighted by Gasteiger charge is -2.19. The molecule has 0 saturated heterocycles. The van der Waals surface area contributed by atoms with Gasteiger partial charge >= 0.3 is 0 Å². The van der Waals surface area contributed by atoms with Gasteiger partial charge < -0.3 is 4.74 Å². The van der Waals surface area contributed by atoms with Gasteiger partial charge in [-0.25, -0.2) is 5.43 Å². The summed E-state index contributed by atoms with van der Waals surface area (Å²) >= 11 is 0. The van der Waals surface area contributed by atoms with E-state index in [4.69, 9.17) is 4.74 Å². The molecular weight excluding hydrogens is 324 g/mol. The van der Waals surface area contributed by atoms with Crippen LogP contribution in [0.4, 0.5) is 0 Å². The summed E-state index contributed by atoms with van der Waals surface area (Å²) in [4.78, 5) is 11.8. The van der Waals surface area contributed by atoms with Crippen molar-refractivity contribution in [3.8, 4) is 5.75 Å². The van der Waals surface area contributed by atoms with E-state index in [-0.39, 0.29) is 17.9 Å². The van der Waals surface area contributed by atoms with Crippen LogP contribution >= 0.6 is 0 Å². The van der Waals surface area contributed by atoms with E-state index in [0.29, 0.717) is 11.7 Å². The van der Waals surface area contributed by atoms with Crippen LogP contribution in [0.15, 0.2) is 53.6 Å². The van der Waals surface area contributed by atoms with Crippen molar-refractivity contribution in [2.45, 2.75) is 46.0 Å². The average molecular weight is 352 g/mol. The Labute approximate surface area is 156 Å². The summed E-state index contributed by atoms with van der Waals surface area (Å²) in [6, 6.07) is 15.9. The molecule has 4 nitrogen and oxygen atoms in total. The molecular formula is C22H28N2O2. The van der Waals surface area contributed by atoms with Crippen LogP contribution in [0.3, 0.4) is 0 Å². The molecule has 1 N–H and O–H groups in total. The van der Waals surface area contributed by atoms with Crippen molar-refractivity contribution >= 4 is 12.1 Å². The van der Waals surface area contributed by atoms with E-state index in [1.165, 1.54) is 11.1 Å². The van der Waals surface area contributed by atoms with Gasteiger partial charge in [-0.2, -0.15) is 5.10 Å². The molecule has 2 aromatic rings. The van der Waals surface area contributed by atoms with Gasteiger partial charge in [-0.3, -0.25) is 4.79 Å². The smallest absolute Gasteiger partial charge is 0.277 e. The molecule has 26 heavy (non-hydrogen) atoms. The maximum Gasteiger partial charge on any atom is 0.277 e. The third-order valence-corrected chi connectivity index (χ3v) is 4.10. The number of benzene rings is 2. The number of amides is 1. The van der Waals surface area contributed by atoms with Crippen molar-refractivity contribution in [2.75, 3.05) is 6.61 Å². The Bertz CT molecular complexity index is 739. The second-order valence-corrected chi connectivity index (χ2v) is 7.68. The predicted molar refractivity (Wildman–Crippen MR) is 107 cm³/mol. The van der Waals surface area contributed by atoms with E-state index in [0.717, 1.165) is 5.56 Å². The topological polar surface area (TPSA) is 50.7 Å². The molecule has 0 aliphatic carbocycles. The number of hydrogen-bond donors (Lipinski definition) is 1. The molecule has 2 rings (SSSR count). The van der Waals surface area contributed by atoms with Crippen LogP contribution in [0.2, 0.25) is 0 Å². The van der Waals surface area contributed by atoms with Gasteiger partial charge in [0.25, 0.3) is 5.91 Å². The van der Waals surface area contributed by atoms with E-state index in [1.807, 2.05) is 36.4 Å². The largest absolute Gasteiger partial charge is 0.484 e. The molecule has 0 saturated carbocycles. The SMILES string of the molecule is CC(C)c1ccc(C=NNC(=O)COc2ccc(C(C)(C)C)cc2)cc1. The third-order valence-electron chi connectivity index (χ3n) is 4.10. The monoisotopic (exact) mass is 352 g/mol. The maximum atomic E-state index is 11.8. The highest BCUT2D eigenvalue weighted by Gasteiger charge is 2.13. The number of nitrogens with one attached hydrogen (secondary N) is 1. The van der Waals surface area contributed by atoms with Crippen LogP contribution in [-0.2, 0) is 10.2 Å². The lowest BCUT2D eigenvalue weighted by atomic mass is 9.87. The molecule has 1 amide bonds. The fourth-order valence-electron chi connectivity index (χ4n) is 2.38. The van der Waals surface area contributed by atoms with E-state index >= 15 is 0 Å². The van der Waals surface area contributed by atoms with Crippen molar-refractivity contribution in [3.63, 3.8) is 0 Å². The average Bonchev–Trinajstić information content (AvgIpc) is 2.60. The van der Waals surface area contributed by atoms with Gasteiger partial charge in [0, 0.05) is 0 Å². The number of hydrogen-bond acceptors (Lipinski definition) is 3. The second-order valence-electron chi connectivity index (χ2n) is 7.68. The maximum absolute atomic E-state index is 11.8. The number of ether oxygens (including phenoxy) is 1. The number of rotatable bonds is 6. The van der Waals surface area contributed by atoms with E-state index < -0.39 is 0 Å². The van der Waals surface area contributed by atoms with Gasteiger partial charge in [0.2, 0.25) is 0 Å². The summed E-state index contributed by atoms with van der Waals surface area (Å²) in [5.74, 6) is 0.872. The summed E-state index contributed by atoms with van der Waals surface area (Å²) in [6.07, 6.45) is 1.63. The van der Waals surface area contributed by atoms with Gasteiger partial charge in [-0.1, -0.05) is 71.0 Å². The molecule has 0 heterocycles. The number of hydrazone groups is 1. The molecule has 0 unspecified atom stereocenters. The van der Waals surface area contributed by atoms with E-state index in [1.54, 1.807) is 6.21 Å². The Morgan fingerprint density at radius 2 is 1.69 bits per heavy atom. The molecule has 0 aliphatic heterocycles. The van der Waals surface area contributed by atoms with Crippen LogP contribution in [0.25, 0.3) is 0 Å². The van der Waals surface area contributed by atoms with Gasteiger partial charge in [-0.15, -0.1) is 0 Å². The number of carbonyl (C=O) groups is 1. The highest BCUT2D eigenvalue weighted by atomic mass is 16.5. The highest BCUT2D eigenvalue weighted by Crippen LogP contribution is 2.24. The third kappa shape index (κ3) is 6.03. The van der Waals surface area contributed by atoms with Crippen LogP contribution in [0, 0.1) is 0 Å². The second kappa shape index (κ2) is 8.65. The van der Waals surface area contributed by atoms with Gasteiger partial charge in [0.15, 0.2) is 6.61 Å². The van der Waals surface area contributed by atoms with Gasteiger partial charge in [0.1, 0.15) is 5.75 Å². The summed E-state index contributed by atoms with van der Waals surface area (Å²) in [6.45, 7) is 10.7. The number of nitrogens with zero attached hydrogens (tertiary/aromatic N) is 1. The molecule has 0 radical (unpaired) electrons. The minimum atomic E-state index is -0.292. The first-order valence-corrected chi connectivity index (χ1v) is 8.91. The van der Waals surface area contributed by atoms with Gasteiger partial charge in [0.05, 0.1) is 6.21 Å². The van der Waals surface area contributed by atoms with Crippen molar-refractivity contribution in [3.05, 3.63) is 65.2 Å². The molecule has 2 aromatic carbocycles. The Morgan fingerprint density at radius 1 is 1.08 bits per heavy atom. The summed E-state index contributed by atoms with van der Waals surface area (Å²) in [5, 5.41) is 3.97. The minimum Gasteiger partial charge on any atom is -0.484 e. The molecule has 0 bridgehead atoms. The van der Waals surface area contributed by atoms with Crippen LogP contribution < -0.4 is 10.2 Å². The molecule has 0 atom stereocenters. The lowest BCUT2D eigenvalue weighted by molar-refractivity contribution is -0.123. The Balaban J connectivity index is 1.79. The standard InChI is InChI=1S/C22H28N2O2/c1-16(2)18-8-6-17(7-9-18)14-23-24-21(25)15-26-20-12-10-19(11-13-20)22(3,4)5/h6-14,16H,15H2,1-5H3,(H,24,25). The highest BCUT2D eigenvalue weighted by molar-refractivity contribution is 5.82. The first-order chi connectivity index (χ1) is 12.3. The quantitative estimate of drug-likeness (QED) is 0.608. The van der Waals surface area contributed by atoms with Crippen LogP contribution in [0.5, 0.6) is 5.75 Å². The zero-order chi connectivity index (χ0) is 19.2. The lowest BCUT2D eigenvalue weighted by Crippen LogP contribution is -2.24. The van der Waals surface area contributed by atoms with E-state index in [9.17, 15) is 4.79 Å². The zero-order valence-electron chi connectivity index (χ0n) is 16.2. The fourth-order valence-corrected chi connectivity index (χ4v) is 2.38.